The van der Waals surface area contributed by atoms with E-state index in [0.717, 1.165) is 19.4 Å². The van der Waals surface area contributed by atoms with E-state index in [0.29, 0.717) is 30.6 Å². The first kappa shape index (κ1) is 15.1. The molecule has 1 heterocycles. The summed E-state index contributed by atoms with van der Waals surface area (Å²) in [6.07, 6.45) is 7.32. The molecule has 3 nitrogen and oxygen atoms in total. The fraction of sp³-hybridized carbons (Fsp3) is 0.833. The molecular weight excluding hydrogens is 262 g/mol. The molecule has 0 aromatic carbocycles. The fourth-order valence-electron chi connectivity index (χ4n) is 4.37. The van der Waals surface area contributed by atoms with Gasteiger partial charge in [0, 0.05) is 6.54 Å². The highest BCUT2D eigenvalue weighted by Gasteiger charge is 2.62. The largest absolute Gasteiger partial charge is 0.374 e. The van der Waals surface area contributed by atoms with Crippen LogP contribution in [0.15, 0.2) is 11.6 Å². The first-order valence-corrected chi connectivity index (χ1v) is 8.50. The van der Waals surface area contributed by atoms with Gasteiger partial charge in [-0.2, -0.15) is 0 Å². The Morgan fingerprint density at radius 1 is 1.24 bits per heavy atom. The van der Waals surface area contributed by atoms with Crippen molar-refractivity contribution in [3.8, 4) is 0 Å². The third-order valence-electron chi connectivity index (χ3n) is 5.70. The average molecular weight is 291 g/mol. The number of allylic oxidation sites excluding steroid dienone is 2. The second-order valence-electron chi connectivity index (χ2n) is 7.86. The van der Waals surface area contributed by atoms with Crippen molar-refractivity contribution in [3.05, 3.63) is 11.6 Å². The van der Waals surface area contributed by atoms with E-state index in [2.05, 4.69) is 38.7 Å². The van der Waals surface area contributed by atoms with Gasteiger partial charge in [0.15, 0.2) is 0 Å². The average Bonchev–Trinajstić information content (AvgIpc) is 2.97. The van der Waals surface area contributed by atoms with Gasteiger partial charge < -0.3 is 9.64 Å². The maximum absolute atomic E-state index is 13.1. The van der Waals surface area contributed by atoms with Gasteiger partial charge in [-0.25, -0.2) is 0 Å². The molecule has 3 fully saturated rings. The molecule has 0 bridgehead atoms. The van der Waals surface area contributed by atoms with E-state index >= 15 is 0 Å². The Bertz CT molecular complexity index is 448. The standard InChI is InChI=1S/C18H29NO2/c1-12(2)11-13-16(18(13,3)4)17(20)19-9-10-21-15-8-6-5-7-14(15)19/h11,13-16H,5-10H2,1-4H3/t13-,14+,15+,16-/m1/s1. The molecule has 2 aliphatic carbocycles. The van der Waals surface area contributed by atoms with Crippen molar-refractivity contribution >= 4 is 5.91 Å². The van der Waals surface area contributed by atoms with Crippen molar-refractivity contribution < 1.29 is 9.53 Å². The van der Waals surface area contributed by atoms with Gasteiger partial charge in [-0.3, -0.25) is 4.79 Å². The summed E-state index contributed by atoms with van der Waals surface area (Å²) < 4.78 is 5.90. The summed E-state index contributed by atoms with van der Waals surface area (Å²) in [7, 11) is 0. The van der Waals surface area contributed by atoms with Crippen molar-refractivity contribution in [2.75, 3.05) is 13.2 Å². The van der Waals surface area contributed by atoms with E-state index in [1.165, 1.54) is 18.4 Å². The quantitative estimate of drug-likeness (QED) is 0.730. The number of hydrogen-bond donors (Lipinski definition) is 0. The summed E-state index contributed by atoms with van der Waals surface area (Å²) in [6, 6.07) is 0.337. The van der Waals surface area contributed by atoms with Gasteiger partial charge in [-0.15, -0.1) is 0 Å². The van der Waals surface area contributed by atoms with Crippen LogP contribution in [0.4, 0.5) is 0 Å². The molecule has 0 N–H and O–H groups in total. The highest BCUT2D eigenvalue weighted by molar-refractivity contribution is 5.84. The highest BCUT2D eigenvalue weighted by atomic mass is 16.5. The first-order valence-electron chi connectivity index (χ1n) is 8.50. The third kappa shape index (κ3) is 2.65. The summed E-state index contributed by atoms with van der Waals surface area (Å²) in [5.41, 5.74) is 1.44. The van der Waals surface area contributed by atoms with Crippen LogP contribution in [-0.4, -0.2) is 36.1 Å². The molecule has 2 saturated carbocycles. The fourth-order valence-corrected chi connectivity index (χ4v) is 4.37. The number of hydrogen-bond acceptors (Lipinski definition) is 2. The number of ether oxygens (including phenoxy) is 1. The van der Waals surface area contributed by atoms with Crippen molar-refractivity contribution in [2.45, 2.75) is 65.5 Å². The molecule has 0 aromatic rings. The van der Waals surface area contributed by atoms with E-state index in [1.54, 1.807) is 0 Å². The van der Waals surface area contributed by atoms with Gasteiger partial charge in [0.25, 0.3) is 0 Å². The number of nitrogens with zero attached hydrogens (tertiary/aromatic N) is 1. The van der Waals surface area contributed by atoms with Gasteiger partial charge in [-0.1, -0.05) is 38.3 Å². The lowest BCUT2D eigenvalue weighted by Gasteiger charge is -2.44. The zero-order valence-electron chi connectivity index (χ0n) is 13.9. The Labute approximate surface area is 128 Å². The number of fused-ring (bicyclic) bond motifs is 1. The van der Waals surface area contributed by atoms with Crippen molar-refractivity contribution in [1.82, 2.24) is 4.90 Å². The number of morpholine rings is 1. The SMILES string of the molecule is CC(C)=C[C@@H]1[C@H](C(=O)N2CCO[C@H]3CCCC[C@@H]32)C1(C)C. The number of carbonyl (C=O) groups is 1. The summed E-state index contributed by atoms with van der Waals surface area (Å²) in [5.74, 6) is 0.968. The van der Waals surface area contributed by atoms with Crippen molar-refractivity contribution in [1.29, 1.82) is 0 Å². The molecule has 1 aliphatic heterocycles. The highest BCUT2D eigenvalue weighted by Crippen LogP contribution is 2.60. The molecule has 0 radical (unpaired) electrons. The van der Waals surface area contributed by atoms with E-state index in [-0.39, 0.29) is 11.3 Å². The minimum atomic E-state index is 0.122. The van der Waals surface area contributed by atoms with E-state index in [1.807, 2.05) is 0 Å². The summed E-state index contributed by atoms with van der Waals surface area (Å²) in [6.45, 7) is 10.2. The summed E-state index contributed by atoms with van der Waals surface area (Å²) >= 11 is 0. The Morgan fingerprint density at radius 2 is 1.95 bits per heavy atom. The molecule has 4 atom stereocenters. The number of rotatable bonds is 2. The van der Waals surface area contributed by atoms with Gasteiger partial charge >= 0.3 is 0 Å². The van der Waals surface area contributed by atoms with Gasteiger partial charge in [0.05, 0.1) is 24.7 Å². The van der Waals surface area contributed by atoms with E-state index in [4.69, 9.17) is 4.74 Å². The molecule has 0 spiro atoms. The Hall–Kier alpha value is -0.830. The van der Waals surface area contributed by atoms with Crippen LogP contribution in [0.25, 0.3) is 0 Å². The van der Waals surface area contributed by atoms with E-state index < -0.39 is 0 Å². The van der Waals surface area contributed by atoms with Crippen LogP contribution in [0.1, 0.15) is 53.4 Å². The molecule has 1 amide bonds. The van der Waals surface area contributed by atoms with Crippen molar-refractivity contribution in [2.24, 2.45) is 17.3 Å². The van der Waals surface area contributed by atoms with Crippen LogP contribution < -0.4 is 0 Å². The number of carbonyl (C=O) groups excluding carboxylic acids is 1. The van der Waals surface area contributed by atoms with Crippen LogP contribution in [0, 0.1) is 17.3 Å². The second-order valence-corrected chi connectivity index (χ2v) is 7.86. The maximum Gasteiger partial charge on any atom is 0.227 e. The lowest BCUT2D eigenvalue weighted by molar-refractivity contribution is -0.151. The molecular formula is C18H29NO2. The summed E-state index contributed by atoms with van der Waals surface area (Å²) in [5, 5.41) is 0. The monoisotopic (exact) mass is 291 g/mol. The summed E-state index contributed by atoms with van der Waals surface area (Å²) in [4.78, 5) is 15.2. The molecule has 3 heteroatoms. The van der Waals surface area contributed by atoms with Crippen LogP contribution >= 0.6 is 0 Å². The number of amides is 1. The molecule has 0 aromatic heterocycles. The van der Waals surface area contributed by atoms with Gasteiger partial charge in [0.2, 0.25) is 5.91 Å². The van der Waals surface area contributed by atoms with Crippen LogP contribution in [0.2, 0.25) is 0 Å². The zero-order chi connectivity index (χ0) is 15.2. The van der Waals surface area contributed by atoms with Crippen LogP contribution in [0.3, 0.4) is 0 Å². The predicted octanol–water partition coefficient (Wildman–Crippen LogP) is 3.39. The van der Waals surface area contributed by atoms with Crippen molar-refractivity contribution in [3.63, 3.8) is 0 Å². The smallest absolute Gasteiger partial charge is 0.227 e. The minimum Gasteiger partial charge on any atom is -0.374 e. The minimum absolute atomic E-state index is 0.122. The molecule has 21 heavy (non-hydrogen) atoms. The Morgan fingerprint density at radius 3 is 2.67 bits per heavy atom. The Balaban J connectivity index is 1.74. The second kappa shape index (κ2) is 5.42. The molecule has 0 unspecified atom stereocenters. The lowest BCUT2D eigenvalue weighted by atomic mass is 9.89. The maximum atomic E-state index is 13.1. The lowest BCUT2D eigenvalue weighted by Crippen LogP contribution is -2.55. The van der Waals surface area contributed by atoms with Gasteiger partial charge in [-0.05, 0) is 38.0 Å². The molecule has 3 aliphatic rings. The molecule has 118 valence electrons. The van der Waals surface area contributed by atoms with Gasteiger partial charge in [0.1, 0.15) is 0 Å². The van der Waals surface area contributed by atoms with Crippen LogP contribution in [-0.2, 0) is 9.53 Å². The topological polar surface area (TPSA) is 29.5 Å². The zero-order valence-corrected chi connectivity index (χ0v) is 13.9. The van der Waals surface area contributed by atoms with E-state index in [9.17, 15) is 4.79 Å². The Kier molecular flexibility index (Phi) is 3.89. The molecule has 3 rings (SSSR count). The molecule has 1 saturated heterocycles. The van der Waals surface area contributed by atoms with Crippen LogP contribution in [0.5, 0.6) is 0 Å². The third-order valence-corrected chi connectivity index (χ3v) is 5.70. The normalized spacial score (nSPS) is 37.6. The predicted molar refractivity (Wildman–Crippen MR) is 83.9 cm³/mol. The first-order chi connectivity index (χ1) is 9.93.